The van der Waals surface area contributed by atoms with Gasteiger partial charge >= 0.3 is 0 Å². The molecule has 0 radical (unpaired) electrons. The molecule has 0 saturated carbocycles. The number of H-pyrrole nitrogens is 1. The molecule has 1 amide bonds. The molecule has 0 fully saturated rings. The van der Waals surface area contributed by atoms with Gasteiger partial charge < -0.3 is 14.7 Å². The van der Waals surface area contributed by atoms with Gasteiger partial charge in [0.1, 0.15) is 28.7 Å². The fourth-order valence-corrected chi connectivity index (χ4v) is 4.93. The molecule has 36 heavy (non-hydrogen) atoms. The summed E-state index contributed by atoms with van der Waals surface area (Å²) in [4.78, 5) is 15.4. The number of aryl methyl sites for hydroxylation is 2. The fraction of sp³-hybridized carbons (Fsp3) is 0.241. The topological polar surface area (TPSA) is 78.5 Å². The summed E-state index contributed by atoms with van der Waals surface area (Å²) < 4.78 is 19.4. The first kappa shape index (κ1) is 23.6. The maximum atomic E-state index is 13.7. The highest BCUT2D eigenvalue weighted by Crippen LogP contribution is 2.46. The van der Waals surface area contributed by atoms with Crippen LogP contribution in [0.1, 0.15) is 57.7 Å². The second-order valence-corrected chi connectivity index (χ2v) is 9.22. The molecular formula is C29H28FN3O3. The fourth-order valence-electron chi connectivity index (χ4n) is 4.93. The normalized spacial score (nSPS) is 14.8. The SMILES string of the molecule is CCCOc1cccc(C2c3c(-c4c(C)cc(C)cc4O)n[nH]c3C(=O)N2Cc2ccc(F)cc2)c1. The summed E-state index contributed by atoms with van der Waals surface area (Å²) >= 11 is 0. The van der Waals surface area contributed by atoms with Crippen molar-refractivity contribution in [2.45, 2.75) is 39.8 Å². The highest BCUT2D eigenvalue weighted by atomic mass is 19.1. The molecule has 5 rings (SSSR count). The summed E-state index contributed by atoms with van der Waals surface area (Å²) in [5.74, 6) is 0.300. The molecular weight excluding hydrogens is 457 g/mol. The molecule has 184 valence electrons. The Hall–Kier alpha value is -4.13. The van der Waals surface area contributed by atoms with E-state index in [1.165, 1.54) is 12.1 Å². The van der Waals surface area contributed by atoms with Gasteiger partial charge in [0.05, 0.1) is 12.6 Å². The Morgan fingerprint density at radius 1 is 1.11 bits per heavy atom. The van der Waals surface area contributed by atoms with Gasteiger partial charge in [0.25, 0.3) is 5.91 Å². The van der Waals surface area contributed by atoms with E-state index in [4.69, 9.17) is 4.74 Å². The Balaban J connectivity index is 1.66. The first-order chi connectivity index (χ1) is 17.4. The molecule has 3 aromatic carbocycles. The Morgan fingerprint density at radius 2 is 1.89 bits per heavy atom. The number of ether oxygens (including phenoxy) is 1. The predicted octanol–water partition coefficient (Wildman–Crippen LogP) is 6.07. The van der Waals surface area contributed by atoms with Crippen LogP contribution in [-0.4, -0.2) is 32.7 Å². The number of fused-ring (bicyclic) bond motifs is 1. The van der Waals surface area contributed by atoms with Gasteiger partial charge in [0.15, 0.2) is 0 Å². The average Bonchev–Trinajstić information content (AvgIpc) is 3.38. The van der Waals surface area contributed by atoms with Crippen molar-refractivity contribution in [1.82, 2.24) is 15.1 Å². The molecule has 6 nitrogen and oxygen atoms in total. The number of phenols is 1. The summed E-state index contributed by atoms with van der Waals surface area (Å²) in [6.45, 7) is 6.76. The first-order valence-corrected chi connectivity index (χ1v) is 12.0. The Labute approximate surface area is 209 Å². The number of aromatic hydroxyl groups is 1. The van der Waals surface area contributed by atoms with Gasteiger partial charge in [-0.05, 0) is 72.9 Å². The predicted molar refractivity (Wildman–Crippen MR) is 136 cm³/mol. The van der Waals surface area contributed by atoms with Gasteiger partial charge in [-0.25, -0.2) is 4.39 Å². The van der Waals surface area contributed by atoms with Crippen molar-refractivity contribution in [3.8, 4) is 22.8 Å². The molecule has 1 aliphatic heterocycles. The number of carbonyl (C=O) groups excluding carboxylic acids is 1. The number of carbonyl (C=O) groups is 1. The van der Waals surface area contributed by atoms with E-state index >= 15 is 0 Å². The van der Waals surface area contributed by atoms with Crippen molar-refractivity contribution in [1.29, 1.82) is 0 Å². The second-order valence-electron chi connectivity index (χ2n) is 9.22. The molecule has 1 atom stereocenters. The van der Waals surface area contributed by atoms with Gasteiger partial charge in [0, 0.05) is 17.7 Å². The monoisotopic (exact) mass is 485 g/mol. The number of nitrogens with zero attached hydrogens (tertiary/aromatic N) is 2. The maximum absolute atomic E-state index is 13.7. The van der Waals surface area contributed by atoms with E-state index in [1.54, 1.807) is 23.1 Å². The van der Waals surface area contributed by atoms with E-state index in [9.17, 15) is 14.3 Å². The molecule has 2 N–H and O–H groups in total. The third-order valence-electron chi connectivity index (χ3n) is 6.47. The number of benzene rings is 3. The molecule has 0 saturated heterocycles. The number of phenolic OH excluding ortho intramolecular Hbond substituents is 1. The quantitative estimate of drug-likeness (QED) is 0.333. The zero-order valence-electron chi connectivity index (χ0n) is 20.5. The lowest BCUT2D eigenvalue weighted by atomic mass is 9.93. The number of halogens is 1. The Kier molecular flexibility index (Phi) is 6.22. The van der Waals surface area contributed by atoms with Crippen LogP contribution in [0.3, 0.4) is 0 Å². The number of aromatic nitrogens is 2. The lowest BCUT2D eigenvalue weighted by Crippen LogP contribution is -2.29. The summed E-state index contributed by atoms with van der Waals surface area (Å²) in [5, 5.41) is 18.3. The average molecular weight is 486 g/mol. The summed E-state index contributed by atoms with van der Waals surface area (Å²) in [6, 6.07) is 17.1. The zero-order valence-corrected chi connectivity index (χ0v) is 20.5. The number of nitrogens with one attached hydrogen (secondary N) is 1. The van der Waals surface area contributed by atoms with Gasteiger partial charge in [0.2, 0.25) is 0 Å². The first-order valence-electron chi connectivity index (χ1n) is 12.0. The van der Waals surface area contributed by atoms with E-state index in [1.807, 2.05) is 51.1 Å². The largest absolute Gasteiger partial charge is 0.507 e. The van der Waals surface area contributed by atoms with Gasteiger partial charge in [-0.3, -0.25) is 9.89 Å². The van der Waals surface area contributed by atoms with Gasteiger partial charge in [-0.1, -0.05) is 37.3 Å². The minimum atomic E-state index is -0.475. The van der Waals surface area contributed by atoms with Crippen LogP contribution < -0.4 is 4.74 Å². The molecule has 7 heteroatoms. The molecule has 0 bridgehead atoms. The van der Waals surface area contributed by atoms with Crippen LogP contribution >= 0.6 is 0 Å². The Morgan fingerprint density at radius 3 is 2.61 bits per heavy atom. The zero-order chi connectivity index (χ0) is 25.4. The van der Waals surface area contributed by atoms with Crippen LogP contribution in [0.4, 0.5) is 4.39 Å². The van der Waals surface area contributed by atoms with Crippen LogP contribution in [0.25, 0.3) is 11.3 Å². The standard InChI is InChI=1S/C29H28FN3O3/c1-4-12-36-22-7-5-6-20(15-22)28-25-26(24-18(3)13-17(2)14-23(24)34)31-32-27(25)29(35)33(28)16-19-8-10-21(30)11-9-19/h5-11,13-15,28,34H,4,12,16H2,1-3H3,(H,31,32). The lowest BCUT2D eigenvalue weighted by Gasteiger charge is -2.27. The number of aromatic amines is 1. The molecule has 1 aliphatic rings. The number of amides is 1. The number of hydrogen-bond donors (Lipinski definition) is 2. The minimum Gasteiger partial charge on any atom is -0.507 e. The van der Waals surface area contributed by atoms with Crippen molar-refractivity contribution < 1.29 is 19.0 Å². The van der Waals surface area contributed by atoms with Crippen molar-refractivity contribution in [2.75, 3.05) is 6.61 Å². The van der Waals surface area contributed by atoms with Crippen LogP contribution in [0.15, 0.2) is 60.7 Å². The second kappa shape index (κ2) is 9.49. The smallest absolute Gasteiger partial charge is 0.273 e. The molecule has 1 unspecified atom stereocenters. The van der Waals surface area contributed by atoms with Crippen LogP contribution in [0.2, 0.25) is 0 Å². The molecule has 1 aromatic heterocycles. The molecule has 4 aromatic rings. The lowest BCUT2D eigenvalue weighted by molar-refractivity contribution is 0.0730. The number of rotatable bonds is 7. The number of hydrogen-bond acceptors (Lipinski definition) is 4. The van der Waals surface area contributed by atoms with E-state index < -0.39 is 6.04 Å². The molecule has 0 aliphatic carbocycles. The van der Waals surface area contributed by atoms with Crippen molar-refractivity contribution in [2.24, 2.45) is 0 Å². The molecule has 2 heterocycles. The molecule has 0 spiro atoms. The van der Waals surface area contributed by atoms with Gasteiger partial charge in [-0.2, -0.15) is 5.10 Å². The van der Waals surface area contributed by atoms with E-state index in [-0.39, 0.29) is 24.0 Å². The van der Waals surface area contributed by atoms with E-state index in [2.05, 4.69) is 10.2 Å². The van der Waals surface area contributed by atoms with Crippen molar-refractivity contribution in [3.05, 3.63) is 100.0 Å². The summed E-state index contributed by atoms with van der Waals surface area (Å²) in [6.07, 6.45) is 0.880. The summed E-state index contributed by atoms with van der Waals surface area (Å²) in [7, 11) is 0. The minimum absolute atomic E-state index is 0.116. The van der Waals surface area contributed by atoms with E-state index in [0.717, 1.165) is 34.4 Å². The highest BCUT2D eigenvalue weighted by Gasteiger charge is 2.43. The van der Waals surface area contributed by atoms with E-state index in [0.29, 0.717) is 29.1 Å². The van der Waals surface area contributed by atoms with Crippen LogP contribution in [0, 0.1) is 19.7 Å². The van der Waals surface area contributed by atoms with Crippen LogP contribution in [-0.2, 0) is 6.54 Å². The van der Waals surface area contributed by atoms with Crippen LogP contribution in [0.5, 0.6) is 11.5 Å². The Bertz CT molecular complexity index is 1410. The maximum Gasteiger partial charge on any atom is 0.273 e. The summed E-state index contributed by atoms with van der Waals surface area (Å²) in [5.41, 5.74) is 5.70. The van der Waals surface area contributed by atoms with Gasteiger partial charge in [-0.15, -0.1) is 0 Å². The van der Waals surface area contributed by atoms with Crippen molar-refractivity contribution in [3.63, 3.8) is 0 Å². The third kappa shape index (κ3) is 4.21. The highest BCUT2D eigenvalue weighted by molar-refractivity contribution is 6.00. The van der Waals surface area contributed by atoms with Crippen molar-refractivity contribution >= 4 is 5.91 Å². The third-order valence-corrected chi connectivity index (χ3v) is 6.47.